The fourth-order valence-electron chi connectivity index (χ4n) is 3.40. The summed E-state index contributed by atoms with van der Waals surface area (Å²) in [7, 11) is 1.92. The van der Waals surface area contributed by atoms with Gasteiger partial charge in [-0.3, -0.25) is 0 Å². The third-order valence-corrected chi connectivity index (χ3v) is 5.43. The highest BCUT2D eigenvalue weighted by Gasteiger charge is 2.13. The first-order valence-corrected chi connectivity index (χ1v) is 10.7. The summed E-state index contributed by atoms with van der Waals surface area (Å²) in [5.74, 6) is 0. The summed E-state index contributed by atoms with van der Waals surface area (Å²) >= 11 is 5.13. The van der Waals surface area contributed by atoms with Gasteiger partial charge in [0.1, 0.15) is 0 Å². The highest BCUT2D eigenvalue weighted by atomic mass is 32.1. The molecule has 0 aliphatic rings. The van der Waals surface area contributed by atoms with Crippen LogP contribution in [0.5, 0.6) is 0 Å². The zero-order chi connectivity index (χ0) is 23.3. The first-order chi connectivity index (χ1) is 15.3. The number of nitrogens with zero attached hydrogens (tertiary/aromatic N) is 6. The van der Waals surface area contributed by atoms with Gasteiger partial charge in [-0.05, 0) is 61.8 Å². The number of aliphatic hydroxyl groups is 1. The van der Waals surface area contributed by atoms with Crippen LogP contribution in [0.25, 0.3) is 27.1 Å². The maximum atomic E-state index is 9.60. The number of rotatable bonds is 8. The molecule has 3 rings (SSSR count). The summed E-state index contributed by atoms with van der Waals surface area (Å²) in [5.41, 5.74) is 11.4. The molecule has 2 aromatic heterocycles. The number of hydrazone groups is 1. The SMILES string of the molecule is [C-]#[N+]CCc1cc2c(/C=N/N(CCC(C)O)C(N)=S)cc(-c3cncn3C)nc2cc1C. The molecule has 0 spiro atoms. The van der Waals surface area contributed by atoms with Gasteiger partial charge in [0, 0.05) is 31.0 Å². The molecule has 0 aliphatic heterocycles. The molecule has 3 N–H and O–H groups in total. The van der Waals surface area contributed by atoms with E-state index in [2.05, 4.69) is 21.0 Å². The van der Waals surface area contributed by atoms with Crippen LogP contribution in [0.3, 0.4) is 0 Å². The van der Waals surface area contributed by atoms with Crippen molar-refractivity contribution in [3.05, 3.63) is 58.8 Å². The maximum absolute atomic E-state index is 9.60. The van der Waals surface area contributed by atoms with Crippen molar-refractivity contribution in [3.63, 3.8) is 0 Å². The molecule has 1 unspecified atom stereocenters. The molecule has 0 saturated heterocycles. The fraction of sp³-hybridized carbons (Fsp3) is 0.348. The largest absolute Gasteiger partial charge is 0.393 e. The van der Waals surface area contributed by atoms with Crippen LogP contribution in [-0.4, -0.2) is 55.2 Å². The van der Waals surface area contributed by atoms with Gasteiger partial charge in [0.2, 0.25) is 6.54 Å². The highest BCUT2D eigenvalue weighted by molar-refractivity contribution is 7.80. The lowest BCUT2D eigenvalue weighted by Crippen LogP contribution is -2.33. The number of aryl methyl sites for hydroxylation is 2. The number of fused-ring (bicyclic) bond motifs is 1. The van der Waals surface area contributed by atoms with Gasteiger partial charge < -0.3 is 20.3 Å². The summed E-state index contributed by atoms with van der Waals surface area (Å²) in [6.45, 7) is 11.7. The van der Waals surface area contributed by atoms with E-state index in [0.717, 1.165) is 39.0 Å². The number of hydrogen-bond donors (Lipinski definition) is 2. The Hall–Kier alpha value is -3.35. The Labute approximate surface area is 193 Å². The Balaban J connectivity index is 2.12. The van der Waals surface area contributed by atoms with Gasteiger partial charge in [0.05, 0.1) is 41.7 Å². The molecule has 1 atom stereocenters. The second-order valence-electron chi connectivity index (χ2n) is 7.76. The second kappa shape index (κ2) is 10.3. The highest BCUT2D eigenvalue weighted by Crippen LogP contribution is 2.26. The zero-order valence-electron chi connectivity index (χ0n) is 18.5. The first-order valence-electron chi connectivity index (χ1n) is 10.3. The monoisotopic (exact) mass is 449 g/mol. The Morgan fingerprint density at radius 2 is 2.22 bits per heavy atom. The summed E-state index contributed by atoms with van der Waals surface area (Å²) in [4.78, 5) is 12.6. The fourth-order valence-corrected chi connectivity index (χ4v) is 3.54. The van der Waals surface area contributed by atoms with E-state index in [4.69, 9.17) is 29.5 Å². The Morgan fingerprint density at radius 1 is 1.44 bits per heavy atom. The van der Waals surface area contributed by atoms with Gasteiger partial charge in [-0.1, -0.05) is 0 Å². The van der Waals surface area contributed by atoms with Gasteiger partial charge in [-0.25, -0.2) is 21.5 Å². The number of benzene rings is 1. The predicted molar refractivity (Wildman–Crippen MR) is 131 cm³/mol. The van der Waals surface area contributed by atoms with Crippen molar-refractivity contribution in [2.75, 3.05) is 13.1 Å². The van der Waals surface area contributed by atoms with Gasteiger partial charge in [-0.15, -0.1) is 0 Å². The molecule has 0 radical (unpaired) electrons. The van der Waals surface area contributed by atoms with E-state index in [-0.39, 0.29) is 5.11 Å². The molecule has 3 aromatic rings. The van der Waals surface area contributed by atoms with E-state index >= 15 is 0 Å². The summed E-state index contributed by atoms with van der Waals surface area (Å²) in [5, 5.41) is 16.7. The average Bonchev–Trinajstić information content (AvgIpc) is 3.17. The smallest absolute Gasteiger partial charge is 0.218 e. The predicted octanol–water partition coefficient (Wildman–Crippen LogP) is 3.06. The minimum atomic E-state index is -0.478. The van der Waals surface area contributed by atoms with Crippen LogP contribution in [0.15, 0.2) is 35.8 Å². The van der Waals surface area contributed by atoms with E-state index in [1.54, 1.807) is 25.7 Å². The lowest BCUT2D eigenvalue weighted by atomic mass is 9.99. The quantitative estimate of drug-likeness (QED) is 0.237. The van der Waals surface area contributed by atoms with Gasteiger partial charge in [0.25, 0.3) is 0 Å². The molecule has 8 nitrogen and oxygen atoms in total. The normalized spacial score (nSPS) is 12.2. The minimum Gasteiger partial charge on any atom is -0.393 e. The van der Waals surface area contributed by atoms with Crippen LogP contribution in [0, 0.1) is 13.5 Å². The molecule has 0 aliphatic carbocycles. The second-order valence-corrected chi connectivity index (χ2v) is 8.18. The molecule has 0 bridgehead atoms. The van der Waals surface area contributed by atoms with Crippen molar-refractivity contribution < 1.29 is 5.11 Å². The molecule has 166 valence electrons. The Morgan fingerprint density at radius 3 is 2.84 bits per heavy atom. The number of aromatic nitrogens is 3. The molecule has 2 heterocycles. The third kappa shape index (κ3) is 5.46. The van der Waals surface area contributed by atoms with Gasteiger partial charge >= 0.3 is 0 Å². The molecule has 0 amide bonds. The topological polar surface area (TPSA) is 96.9 Å². The number of hydrogen-bond acceptors (Lipinski definition) is 5. The van der Waals surface area contributed by atoms with E-state index < -0.39 is 6.10 Å². The Kier molecular flexibility index (Phi) is 7.51. The number of nitrogens with two attached hydrogens (primary N) is 1. The van der Waals surface area contributed by atoms with Crippen molar-refractivity contribution in [1.29, 1.82) is 0 Å². The average molecular weight is 450 g/mol. The Bertz CT molecular complexity index is 1190. The number of imidazole rings is 1. The number of thiocarbonyl (C=S) groups is 1. The zero-order valence-corrected chi connectivity index (χ0v) is 19.3. The third-order valence-electron chi connectivity index (χ3n) is 5.22. The lowest BCUT2D eigenvalue weighted by molar-refractivity contribution is 0.173. The van der Waals surface area contributed by atoms with Crippen LogP contribution in [0.1, 0.15) is 30.0 Å². The van der Waals surface area contributed by atoms with Crippen molar-refractivity contribution in [2.24, 2.45) is 17.9 Å². The molecular weight excluding hydrogens is 422 g/mol. The molecular formula is C23H27N7OS. The van der Waals surface area contributed by atoms with E-state index in [0.29, 0.717) is 25.9 Å². The van der Waals surface area contributed by atoms with Crippen LogP contribution in [-0.2, 0) is 13.5 Å². The maximum Gasteiger partial charge on any atom is 0.218 e. The van der Waals surface area contributed by atoms with Crippen molar-refractivity contribution in [2.45, 2.75) is 32.8 Å². The van der Waals surface area contributed by atoms with Crippen LogP contribution in [0.2, 0.25) is 0 Å². The van der Waals surface area contributed by atoms with E-state index in [1.807, 2.05) is 30.7 Å². The van der Waals surface area contributed by atoms with Crippen molar-refractivity contribution in [1.82, 2.24) is 19.5 Å². The first kappa shape index (κ1) is 23.3. The van der Waals surface area contributed by atoms with E-state index in [9.17, 15) is 5.11 Å². The van der Waals surface area contributed by atoms with Crippen molar-refractivity contribution in [3.8, 4) is 11.4 Å². The summed E-state index contributed by atoms with van der Waals surface area (Å²) < 4.78 is 1.91. The van der Waals surface area contributed by atoms with Crippen molar-refractivity contribution >= 4 is 34.4 Å². The van der Waals surface area contributed by atoms with Gasteiger partial charge in [-0.2, -0.15) is 5.10 Å². The molecule has 9 heteroatoms. The summed E-state index contributed by atoms with van der Waals surface area (Å²) in [6.07, 6.45) is 5.92. The molecule has 0 fully saturated rings. The van der Waals surface area contributed by atoms with Crippen LogP contribution in [0.4, 0.5) is 0 Å². The number of aliphatic hydroxyl groups excluding tert-OH is 1. The molecule has 32 heavy (non-hydrogen) atoms. The minimum absolute atomic E-state index is 0.140. The standard InChI is InChI=1S/C23H27N7OS/c1-15-9-20-19(10-17(15)5-7-25-3)18(11-21(28-20)22-13-26-14-29(22)4)12-27-30(23(24)32)8-6-16(2)31/h9-14,16,31H,5-8H2,1-2,4H3,(H2,24,32)/b27-12+. The summed E-state index contributed by atoms with van der Waals surface area (Å²) in [6, 6.07) is 6.09. The van der Waals surface area contributed by atoms with Crippen LogP contribution >= 0.6 is 12.2 Å². The lowest BCUT2D eigenvalue weighted by Gasteiger charge is -2.18. The number of pyridine rings is 1. The molecule has 0 saturated carbocycles. The van der Waals surface area contributed by atoms with Crippen LogP contribution < -0.4 is 5.73 Å². The van der Waals surface area contributed by atoms with Gasteiger partial charge in [0.15, 0.2) is 5.11 Å². The molecule has 1 aromatic carbocycles. The van der Waals surface area contributed by atoms with E-state index in [1.165, 1.54) is 5.01 Å².